The van der Waals surface area contributed by atoms with E-state index < -0.39 is 38.7 Å². The van der Waals surface area contributed by atoms with Gasteiger partial charge in [-0.05, 0) is 62.6 Å². The lowest BCUT2D eigenvalue weighted by Gasteiger charge is -2.45. The minimum atomic E-state index is -1.74. The first-order valence-corrected chi connectivity index (χ1v) is 15.8. The zero-order chi connectivity index (χ0) is 31.5. The van der Waals surface area contributed by atoms with E-state index >= 15 is 4.79 Å². The smallest absolute Gasteiger partial charge is 0.308 e. The first kappa shape index (κ1) is 31.2. The Balaban J connectivity index is 1.91. The molecular weight excluding hydrogens is 572 g/mol. The highest BCUT2D eigenvalue weighted by Gasteiger charge is 2.60. The van der Waals surface area contributed by atoms with Gasteiger partial charge in [-0.3, -0.25) is 14.5 Å². The van der Waals surface area contributed by atoms with Crippen molar-refractivity contribution in [3.8, 4) is 5.75 Å². The number of ether oxygens (including phenoxy) is 2. The van der Waals surface area contributed by atoms with Gasteiger partial charge in [-0.2, -0.15) is 0 Å². The van der Waals surface area contributed by atoms with Crippen molar-refractivity contribution in [3.05, 3.63) is 131 Å². The average molecular weight is 611 g/mol. The molecule has 4 aromatic carbocycles. The molecule has 1 heterocycles. The van der Waals surface area contributed by atoms with Gasteiger partial charge in [-0.15, -0.1) is 0 Å². The van der Waals surface area contributed by atoms with Crippen LogP contribution in [-0.2, 0) is 36.4 Å². The van der Waals surface area contributed by atoms with Crippen LogP contribution in [-0.4, -0.2) is 34.5 Å². The van der Waals surface area contributed by atoms with Crippen LogP contribution in [0.4, 0.5) is 5.69 Å². The minimum absolute atomic E-state index is 0.141. The molecule has 1 aliphatic heterocycles. The quantitative estimate of drug-likeness (QED) is 0.170. The Morgan fingerprint density at radius 2 is 1.34 bits per heavy atom. The molecule has 1 amide bonds. The van der Waals surface area contributed by atoms with E-state index in [1.807, 2.05) is 118 Å². The van der Waals surface area contributed by atoms with Crippen molar-refractivity contribution in [2.24, 2.45) is 0 Å². The van der Waals surface area contributed by atoms with E-state index in [1.165, 1.54) is 0 Å². The van der Waals surface area contributed by atoms with Gasteiger partial charge in [0.15, 0.2) is 0 Å². The Bertz CT molecular complexity index is 1560. The Morgan fingerprint density at radius 3 is 1.77 bits per heavy atom. The van der Waals surface area contributed by atoms with Crippen LogP contribution >= 0.6 is 0 Å². The van der Waals surface area contributed by atoms with Crippen LogP contribution in [0.25, 0.3) is 0 Å². The summed E-state index contributed by atoms with van der Waals surface area (Å²) in [6, 6.07) is 34.9. The molecule has 0 saturated carbocycles. The molecule has 0 aromatic heterocycles. The molecule has 5 rings (SSSR count). The maximum Gasteiger partial charge on any atom is 0.308 e. The van der Waals surface area contributed by atoms with Crippen LogP contribution in [0, 0.1) is 0 Å². The van der Waals surface area contributed by atoms with Gasteiger partial charge in [0.1, 0.15) is 16.8 Å². The lowest BCUT2D eigenvalue weighted by molar-refractivity contribution is -0.147. The van der Waals surface area contributed by atoms with E-state index in [1.54, 1.807) is 31.1 Å². The maximum absolute atomic E-state index is 15.5. The summed E-state index contributed by atoms with van der Waals surface area (Å²) in [6.07, 6.45) is -0.368. The van der Waals surface area contributed by atoms with Crippen molar-refractivity contribution in [2.75, 3.05) is 18.6 Å². The van der Waals surface area contributed by atoms with E-state index in [0.717, 1.165) is 16.7 Å². The Labute approximate surface area is 261 Å². The molecule has 8 heteroatoms. The molecule has 44 heavy (non-hydrogen) atoms. The largest absolute Gasteiger partial charge is 0.497 e. The van der Waals surface area contributed by atoms with Gasteiger partial charge in [0.25, 0.3) is 5.91 Å². The lowest BCUT2D eigenvalue weighted by Crippen LogP contribution is -2.59. The molecule has 0 spiro atoms. The lowest BCUT2D eigenvalue weighted by atomic mass is 9.75. The number of methoxy groups -OCH3 is 1. The monoisotopic (exact) mass is 610 g/mol. The number of nitrogens with zero attached hydrogens (tertiary/aromatic N) is 1. The Morgan fingerprint density at radius 1 is 0.841 bits per heavy atom. The van der Waals surface area contributed by atoms with E-state index in [0.29, 0.717) is 17.0 Å². The second-order valence-electron chi connectivity index (χ2n) is 11.7. The Hall–Kier alpha value is -4.27. The molecule has 228 valence electrons. The van der Waals surface area contributed by atoms with E-state index in [2.05, 4.69) is 4.72 Å². The molecule has 7 nitrogen and oxygen atoms in total. The van der Waals surface area contributed by atoms with Gasteiger partial charge in [-0.1, -0.05) is 91.0 Å². The minimum Gasteiger partial charge on any atom is -0.497 e. The predicted octanol–water partition coefficient (Wildman–Crippen LogP) is 6.23. The van der Waals surface area contributed by atoms with Crippen molar-refractivity contribution in [2.45, 2.75) is 49.9 Å². The third-order valence-corrected chi connectivity index (χ3v) is 9.57. The third-order valence-electron chi connectivity index (χ3n) is 7.92. The number of esters is 1. The zero-order valence-corrected chi connectivity index (χ0v) is 26.5. The van der Waals surface area contributed by atoms with Crippen LogP contribution < -0.4 is 14.4 Å². The van der Waals surface area contributed by atoms with Gasteiger partial charge in [0, 0.05) is 5.56 Å². The molecule has 0 unspecified atom stereocenters. The van der Waals surface area contributed by atoms with Crippen molar-refractivity contribution < 1.29 is 23.3 Å². The van der Waals surface area contributed by atoms with Crippen LogP contribution in [0.15, 0.2) is 109 Å². The summed E-state index contributed by atoms with van der Waals surface area (Å²) in [7, 11) is -0.197. The molecule has 0 bridgehead atoms. The number of hydrogen-bond acceptors (Lipinski definition) is 5. The number of hydrogen-bond donors (Lipinski definition) is 1. The van der Waals surface area contributed by atoms with Gasteiger partial charge in [0.2, 0.25) is 0 Å². The van der Waals surface area contributed by atoms with E-state index in [4.69, 9.17) is 9.47 Å². The van der Waals surface area contributed by atoms with Gasteiger partial charge >= 0.3 is 5.97 Å². The maximum atomic E-state index is 15.5. The highest BCUT2D eigenvalue weighted by Crippen LogP contribution is 2.54. The van der Waals surface area contributed by atoms with Gasteiger partial charge in [0.05, 0.1) is 41.6 Å². The third kappa shape index (κ3) is 5.33. The van der Waals surface area contributed by atoms with Crippen LogP contribution in [0.5, 0.6) is 5.75 Å². The van der Waals surface area contributed by atoms with Gasteiger partial charge in [-0.25, -0.2) is 8.93 Å². The molecule has 2 atom stereocenters. The zero-order valence-electron chi connectivity index (χ0n) is 25.7. The SMILES string of the molecule is CCOC(=O)C[C@@]1(N[S@](=O)C(C)(C)C)C(=O)N(C(c2ccccc2)(c2ccccc2)c2ccccc2)c2ccc(OC)cc21. The highest BCUT2D eigenvalue weighted by molar-refractivity contribution is 7.84. The fourth-order valence-corrected chi connectivity index (χ4v) is 6.79. The van der Waals surface area contributed by atoms with Crippen LogP contribution in [0.3, 0.4) is 0 Å². The number of fused-ring (bicyclic) bond motifs is 1. The number of benzene rings is 4. The van der Waals surface area contributed by atoms with Gasteiger partial charge < -0.3 is 9.47 Å². The Kier molecular flexibility index (Phi) is 8.77. The standard InChI is InChI=1S/C36H38N2O5S/c1-6-43-32(39)25-35(37-44(41)34(2,3)4)30-24-29(42-5)22-23-31(30)38(33(35)40)36(26-16-10-7-11-17-26,27-18-12-8-13-19-27)28-20-14-9-15-21-28/h7-24,37H,6,25H2,1-5H3/t35-,44+/m0/s1. The number of anilines is 1. The summed E-state index contributed by atoms with van der Waals surface area (Å²) in [5.74, 6) is -0.512. The molecule has 1 N–H and O–H groups in total. The molecule has 4 aromatic rings. The summed E-state index contributed by atoms with van der Waals surface area (Å²) >= 11 is 0. The number of nitrogens with one attached hydrogen (secondary N) is 1. The van der Waals surface area contributed by atoms with Crippen LogP contribution in [0.1, 0.15) is 56.4 Å². The fraction of sp³-hybridized carbons (Fsp3) is 0.278. The number of rotatable bonds is 10. The second-order valence-corrected chi connectivity index (χ2v) is 13.7. The summed E-state index contributed by atoms with van der Waals surface area (Å²) in [5.41, 5.74) is 0.683. The summed E-state index contributed by atoms with van der Waals surface area (Å²) in [6.45, 7) is 7.32. The summed E-state index contributed by atoms with van der Waals surface area (Å²) < 4.78 is 27.3. The summed E-state index contributed by atoms with van der Waals surface area (Å²) in [4.78, 5) is 30.6. The fourth-order valence-electron chi connectivity index (χ4n) is 5.90. The van der Waals surface area contributed by atoms with Crippen molar-refractivity contribution in [1.82, 2.24) is 4.72 Å². The van der Waals surface area contributed by atoms with Crippen molar-refractivity contribution >= 4 is 28.5 Å². The van der Waals surface area contributed by atoms with E-state index in [9.17, 15) is 9.00 Å². The van der Waals surface area contributed by atoms with Crippen LogP contribution in [0.2, 0.25) is 0 Å². The molecular formula is C36H38N2O5S. The average Bonchev–Trinajstić information content (AvgIpc) is 3.25. The highest BCUT2D eigenvalue weighted by atomic mass is 32.2. The molecule has 1 aliphatic rings. The number of carbonyl (C=O) groups is 2. The van der Waals surface area contributed by atoms with E-state index in [-0.39, 0.29) is 13.0 Å². The molecule has 0 fully saturated rings. The second kappa shape index (κ2) is 12.4. The molecule has 0 saturated heterocycles. The van der Waals surface area contributed by atoms with Crippen molar-refractivity contribution in [1.29, 1.82) is 0 Å². The number of amides is 1. The first-order chi connectivity index (χ1) is 21.1. The predicted molar refractivity (Wildman–Crippen MR) is 174 cm³/mol. The first-order valence-electron chi connectivity index (χ1n) is 14.6. The molecule has 0 radical (unpaired) electrons. The normalized spacial score (nSPS) is 17.2. The van der Waals surface area contributed by atoms with Crippen molar-refractivity contribution in [3.63, 3.8) is 0 Å². The molecule has 0 aliphatic carbocycles. The topological polar surface area (TPSA) is 84.9 Å². The number of carbonyl (C=O) groups excluding carboxylic acids is 2. The summed E-state index contributed by atoms with van der Waals surface area (Å²) in [5, 5.41) is 0.